The number of nitrogens with one attached hydrogen (secondary N) is 3. The molecular formula is C26H27N5O5S. The molecule has 2 heterocycles. The van der Waals surface area contributed by atoms with E-state index in [0.29, 0.717) is 33.3 Å². The molecule has 37 heavy (non-hydrogen) atoms. The minimum Gasteiger partial charge on any atom is -0.508 e. The number of aromatic nitrogens is 2. The van der Waals surface area contributed by atoms with Crippen LogP contribution in [0.2, 0.25) is 0 Å². The molecule has 0 fully saturated rings. The van der Waals surface area contributed by atoms with Crippen molar-refractivity contribution in [1.29, 1.82) is 0 Å². The Morgan fingerprint density at radius 1 is 1.08 bits per heavy atom. The second-order valence-electron chi connectivity index (χ2n) is 7.93. The summed E-state index contributed by atoms with van der Waals surface area (Å²) in [5, 5.41) is 19.8. The van der Waals surface area contributed by atoms with Crippen LogP contribution in [0.5, 0.6) is 5.75 Å². The number of nitrogens with zero attached hydrogens (tertiary/aromatic N) is 2. The molecule has 0 aliphatic rings. The number of esters is 1. The number of amides is 2. The van der Waals surface area contributed by atoms with Gasteiger partial charge in [-0.1, -0.05) is 24.0 Å². The molecule has 2 aromatic heterocycles. The van der Waals surface area contributed by atoms with Crippen molar-refractivity contribution in [3.63, 3.8) is 0 Å². The Morgan fingerprint density at radius 2 is 1.81 bits per heavy atom. The highest BCUT2D eigenvalue weighted by atomic mass is 32.1. The van der Waals surface area contributed by atoms with E-state index in [1.165, 1.54) is 18.4 Å². The first kappa shape index (κ1) is 27.2. The molecule has 1 unspecified atom stereocenters. The van der Waals surface area contributed by atoms with Crippen molar-refractivity contribution >= 4 is 35.1 Å². The molecule has 0 radical (unpaired) electrons. The van der Waals surface area contributed by atoms with E-state index in [-0.39, 0.29) is 30.3 Å². The van der Waals surface area contributed by atoms with Crippen LogP contribution >= 0.6 is 11.3 Å². The number of anilines is 1. The van der Waals surface area contributed by atoms with Gasteiger partial charge in [-0.05, 0) is 44.4 Å². The molecule has 3 rings (SSSR count). The number of hydrogen-bond acceptors (Lipinski definition) is 9. The molecule has 11 heteroatoms. The van der Waals surface area contributed by atoms with E-state index in [4.69, 9.17) is 4.74 Å². The lowest BCUT2D eigenvalue weighted by Gasteiger charge is -2.18. The third-order valence-electron chi connectivity index (χ3n) is 5.36. The van der Waals surface area contributed by atoms with Gasteiger partial charge in [0.1, 0.15) is 11.8 Å². The molecule has 2 amide bonds. The highest BCUT2D eigenvalue weighted by Gasteiger charge is 2.25. The van der Waals surface area contributed by atoms with Crippen molar-refractivity contribution in [3.8, 4) is 17.6 Å². The summed E-state index contributed by atoms with van der Waals surface area (Å²) in [4.78, 5) is 46.6. The molecular weight excluding hydrogens is 494 g/mol. The lowest BCUT2D eigenvalue weighted by Crippen LogP contribution is -2.49. The Labute approximate surface area is 218 Å². The molecule has 4 N–H and O–H groups in total. The van der Waals surface area contributed by atoms with Crippen molar-refractivity contribution in [2.45, 2.75) is 26.8 Å². The van der Waals surface area contributed by atoms with Crippen LogP contribution in [0.4, 0.5) is 5.95 Å². The van der Waals surface area contributed by atoms with Crippen LogP contribution in [0, 0.1) is 32.6 Å². The highest BCUT2D eigenvalue weighted by Crippen LogP contribution is 2.18. The Hall–Kier alpha value is -4.43. The number of phenols is 1. The van der Waals surface area contributed by atoms with Crippen LogP contribution in [0.1, 0.15) is 42.5 Å². The zero-order valence-electron chi connectivity index (χ0n) is 20.8. The topological polar surface area (TPSA) is 143 Å². The van der Waals surface area contributed by atoms with Gasteiger partial charge in [-0.2, -0.15) is 0 Å². The third-order valence-corrected chi connectivity index (χ3v) is 6.23. The van der Waals surface area contributed by atoms with E-state index in [0.717, 1.165) is 0 Å². The molecule has 0 spiro atoms. The molecule has 1 aromatic carbocycles. The Bertz CT molecular complexity index is 1340. The van der Waals surface area contributed by atoms with Gasteiger partial charge in [-0.25, -0.2) is 14.8 Å². The van der Waals surface area contributed by atoms with Crippen molar-refractivity contribution in [2.24, 2.45) is 0 Å². The number of rotatable bonds is 8. The highest BCUT2D eigenvalue weighted by molar-refractivity contribution is 7.12. The second-order valence-corrected chi connectivity index (χ2v) is 8.88. The molecule has 10 nitrogen and oxygen atoms in total. The quantitative estimate of drug-likeness (QED) is 0.261. The average Bonchev–Trinajstić information content (AvgIpc) is 3.41. The number of carbonyl (C=O) groups is 3. The van der Waals surface area contributed by atoms with Crippen LogP contribution in [-0.4, -0.2) is 59.1 Å². The van der Waals surface area contributed by atoms with Crippen molar-refractivity contribution in [2.75, 3.05) is 25.5 Å². The van der Waals surface area contributed by atoms with Crippen molar-refractivity contribution in [3.05, 3.63) is 68.7 Å². The summed E-state index contributed by atoms with van der Waals surface area (Å²) in [5.41, 5.74) is 2.43. The fraction of sp³-hybridized carbons (Fsp3) is 0.269. The maximum atomic E-state index is 13.0. The summed E-state index contributed by atoms with van der Waals surface area (Å²) in [6, 6.07) is 7.44. The van der Waals surface area contributed by atoms with Gasteiger partial charge in [0.15, 0.2) is 0 Å². The molecule has 1 atom stereocenters. The number of aryl methyl sites for hydroxylation is 2. The lowest BCUT2D eigenvalue weighted by atomic mass is 10.1. The van der Waals surface area contributed by atoms with Gasteiger partial charge in [0.25, 0.3) is 11.8 Å². The van der Waals surface area contributed by atoms with E-state index in [2.05, 4.69) is 37.8 Å². The van der Waals surface area contributed by atoms with Gasteiger partial charge in [-0.3, -0.25) is 9.59 Å². The largest absolute Gasteiger partial charge is 0.508 e. The predicted octanol–water partition coefficient (Wildman–Crippen LogP) is 2.33. The number of carbonyl (C=O) groups excluding carboxylic acids is 3. The van der Waals surface area contributed by atoms with Crippen LogP contribution in [0.3, 0.4) is 0 Å². The minimum absolute atomic E-state index is 0.148. The molecule has 0 saturated heterocycles. The molecule has 192 valence electrons. The van der Waals surface area contributed by atoms with Gasteiger partial charge in [0.2, 0.25) is 5.95 Å². The number of methoxy groups -OCH3 is 1. The molecule has 0 aliphatic heterocycles. The number of aromatic hydroxyl groups is 1. The number of ether oxygens (including phenoxy) is 1. The summed E-state index contributed by atoms with van der Waals surface area (Å²) < 4.78 is 4.78. The number of thiophene rings is 1. The van der Waals surface area contributed by atoms with E-state index in [1.807, 2.05) is 6.07 Å². The smallest absolute Gasteiger partial charge is 0.330 e. The molecule has 3 aromatic rings. The van der Waals surface area contributed by atoms with Crippen molar-refractivity contribution in [1.82, 2.24) is 20.6 Å². The maximum Gasteiger partial charge on any atom is 0.330 e. The number of hydrogen-bond donors (Lipinski definition) is 4. The van der Waals surface area contributed by atoms with Crippen LogP contribution < -0.4 is 16.0 Å². The normalized spacial score (nSPS) is 11.0. The third kappa shape index (κ3) is 7.05. The lowest BCUT2D eigenvalue weighted by molar-refractivity contribution is -0.142. The first-order valence-electron chi connectivity index (χ1n) is 11.3. The summed E-state index contributed by atoms with van der Waals surface area (Å²) >= 11 is 1.26. The van der Waals surface area contributed by atoms with Gasteiger partial charge >= 0.3 is 5.97 Å². The molecule has 0 saturated carbocycles. The average molecular weight is 522 g/mol. The Kier molecular flexibility index (Phi) is 9.18. The number of benzene rings is 1. The fourth-order valence-corrected chi connectivity index (χ4v) is 4.04. The standard InChI is InChI=1S/C26H27N5O5S/c1-15-18(8-5-10-20(15)32)9-6-12-27-26-29-16(2)22(17(3)30-26)24(34)31-19(25(35)36-4)14-28-23(33)21-11-7-13-37-21/h5,7-8,10-11,13,19,32H,12,14H2,1-4H3,(H,28,33)(H,31,34)(H,27,29,30). The van der Waals surface area contributed by atoms with Gasteiger partial charge in [0, 0.05) is 17.7 Å². The summed E-state index contributed by atoms with van der Waals surface area (Å²) in [7, 11) is 1.20. The van der Waals surface area contributed by atoms with E-state index >= 15 is 0 Å². The monoisotopic (exact) mass is 521 g/mol. The van der Waals surface area contributed by atoms with Gasteiger partial charge in [0.05, 0.1) is 35.5 Å². The van der Waals surface area contributed by atoms with Crippen LogP contribution in [-0.2, 0) is 9.53 Å². The van der Waals surface area contributed by atoms with E-state index in [9.17, 15) is 19.5 Å². The first-order valence-corrected chi connectivity index (χ1v) is 12.2. The number of phenolic OH excluding ortho intramolecular Hbond substituents is 1. The van der Waals surface area contributed by atoms with E-state index < -0.39 is 17.9 Å². The maximum absolute atomic E-state index is 13.0. The minimum atomic E-state index is -1.10. The van der Waals surface area contributed by atoms with Gasteiger partial charge < -0.3 is 25.8 Å². The predicted molar refractivity (Wildman–Crippen MR) is 140 cm³/mol. The Balaban J connectivity index is 1.66. The fourth-order valence-electron chi connectivity index (χ4n) is 3.40. The molecule has 0 bridgehead atoms. The summed E-state index contributed by atoms with van der Waals surface area (Å²) in [6.07, 6.45) is 0. The van der Waals surface area contributed by atoms with E-state index in [1.54, 1.807) is 50.4 Å². The Morgan fingerprint density at radius 3 is 2.46 bits per heavy atom. The van der Waals surface area contributed by atoms with Crippen LogP contribution in [0.25, 0.3) is 0 Å². The second kappa shape index (κ2) is 12.5. The SMILES string of the molecule is COC(=O)C(CNC(=O)c1cccs1)NC(=O)c1c(C)nc(NCC#Cc2cccc(O)c2C)nc1C. The molecule has 0 aliphatic carbocycles. The van der Waals surface area contributed by atoms with Crippen LogP contribution in [0.15, 0.2) is 35.7 Å². The first-order chi connectivity index (χ1) is 17.7. The zero-order valence-corrected chi connectivity index (χ0v) is 21.7. The van der Waals surface area contributed by atoms with Crippen molar-refractivity contribution < 1.29 is 24.2 Å². The zero-order chi connectivity index (χ0) is 26.9. The summed E-state index contributed by atoms with van der Waals surface area (Å²) in [6.45, 7) is 5.19. The summed E-state index contributed by atoms with van der Waals surface area (Å²) in [5.74, 6) is 4.79. The van der Waals surface area contributed by atoms with Gasteiger partial charge in [-0.15, -0.1) is 11.3 Å².